The van der Waals surface area contributed by atoms with Gasteiger partial charge in [0.25, 0.3) is 0 Å². The highest BCUT2D eigenvalue weighted by atomic mass is 16.2. The molecule has 1 aliphatic heterocycles. The first-order chi connectivity index (χ1) is 10.8. The smallest absolute Gasteiger partial charge is 0.315 e. The first-order valence-corrected chi connectivity index (χ1v) is 8.68. The molecule has 1 saturated carbocycles. The van der Waals surface area contributed by atoms with E-state index < -0.39 is 0 Å². The number of hydrogen-bond acceptors (Lipinski definition) is 2. The summed E-state index contributed by atoms with van der Waals surface area (Å²) in [6, 6.07) is 9.83. The highest BCUT2D eigenvalue weighted by Gasteiger charge is 2.32. The van der Waals surface area contributed by atoms with Gasteiger partial charge < -0.3 is 15.5 Å². The molecule has 1 unspecified atom stereocenters. The average Bonchev–Trinajstić information content (AvgIpc) is 3.31. The number of carbonyl (C=O) groups excluding carboxylic acids is 1. The highest BCUT2D eigenvalue weighted by Crippen LogP contribution is 2.31. The highest BCUT2D eigenvalue weighted by molar-refractivity contribution is 5.75. The van der Waals surface area contributed by atoms with E-state index in [2.05, 4.69) is 39.8 Å². The molecule has 1 aromatic carbocycles. The first-order valence-electron chi connectivity index (χ1n) is 8.68. The van der Waals surface area contributed by atoms with Gasteiger partial charge in [-0.1, -0.05) is 24.3 Å². The summed E-state index contributed by atoms with van der Waals surface area (Å²) in [4.78, 5) is 14.9. The van der Waals surface area contributed by atoms with Gasteiger partial charge in [0.2, 0.25) is 0 Å². The summed E-state index contributed by atoms with van der Waals surface area (Å²) >= 11 is 0. The van der Waals surface area contributed by atoms with Gasteiger partial charge in [0.15, 0.2) is 0 Å². The molecule has 0 bridgehead atoms. The van der Waals surface area contributed by atoms with Crippen molar-refractivity contribution in [3.63, 3.8) is 0 Å². The Morgan fingerprint density at radius 3 is 2.55 bits per heavy atom. The fourth-order valence-corrected chi connectivity index (χ4v) is 3.94. The number of nitrogens with zero attached hydrogens (tertiary/aromatic N) is 1. The van der Waals surface area contributed by atoms with Crippen molar-refractivity contribution in [2.75, 3.05) is 13.1 Å². The second kappa shape index (κ2) is 5.92. The molecule has 0 spiro atoms. The number of hydrogen-bond donors (Lipinski definition) is 2. The molecule has 1 atom stereocenters. The van der Waals surface area contributed by atoms with Gasteiger partial charge in [0.1, 0.15) is 0 Å². The second-order valence-electron chi connectivity index (χ2n) is 6.95. The Hall–Kier alpha value is -1.55. The Morgan fingerprint density at radius 1 is 1.00 bits per heavy atom. The largest absolute Gasteiger partial charge is 0.335 e. The third-order valence-corrected chi connectivity index (χ3v) is 5.37. The Labute approximate surface area is 132 Å². The van der Waals surface area contributed by atoms with E-state index in [0.29, 0.717) is 6.04 Å². The molecular formula is C18H25N3O. The number of nitrogens with one attached hydrogen (secondary N) is 2. The normalized spacial score (nSPS) is 25.7. The van der Waals surface area contributed by atoms with E-state index >= 15 is 0 Å². The molecule has 2 aliphatic carbocycles. The molecule has 4 heteroatoms. The van der Waals surface area contributed by atoms with E-state index in [0.717, 1.165) is 44.8 Å². The SMILES string of the molecule is O=C(NC1CCN(C2CC2)CC1)NC1CCc2ccccc21. The molecule has 0 radical (unpaired) electrons. The minimum absolute atomic E-state index is 0.00609. The number of fused-ring (bicyclic) bond motifs is 1. The molecule has 2 amide bonds. The van der Waals surface area contributed by atoms with Crippen LogP contribution in [0, 0.1) is 0 Å². The lowest BCUT2D eigenvalue weighted by Crippen LogP contribution is -2.48. The summed E-state index contributed by atoms with van der Waals surface area (Å²) in [6.45, 7) is 2.28. The van der Waals surface area contributed by atoms with Gasteiger partial charge in [-0.15, -0.1) is 0 Å². The lowest BCUT2D eigenvalue weighted by molar-refractivity contribution is 0.185. The zero-order valence-corrected chi connectivity index (χ0v) is 13.1. The van der Waals surface area contributed by atoms with Gasteiger partial charge in [-0.25, -0.2) is 4.79 Å². The minimum atomic E-state index is 0.00609. The standard InChI is InChI=1S/C18H25N3O/c22-18(19-14-9-11-21(12-10-14)15-6-7-15)20-17-8-5-13-3-1-2-4-16(13)17/h1-4,14-15,17H,5-12H2,(H2,19,20,22). The van der Waals surface area contributed by atoms with Crippen LogP contribution in [0.4, 0.5) is 4.79 Å². The van der Waals surface area contributed by atoms with Crippen molar-refractivity contribution < 1.29 is 4.79 Å². The van der Waals surface area contributed by atoms with Crippen molar-refractivity contribution in [3.8, 4) is 0 Å². The van der Waals surface area contributed by atoms with Crippen molar-refractivity contribution >= 4 is 6.03 Å². The van der Waals surface area contributed by atoms with Crippen molar-refractivity contribution in [3.05, 3.63) is 35.4 Å². The average molecular weight is 299 g/mol. The molecule has 22 heavy (non-hydrogen) atoms. The van der Waals surface area contributed by atoms with Crippen molar-refractivity contribution in [1.29, 1.82) is 0 Å². The number of aryl methyl sites for hydroxylation is 1. The number of amides is 2. The van der Waals surface area contributed by atoms with Crippen LogP contribution < -0.4 is 10.6 Å². The summed E-state index contributed by atoms with van der Waals surface area (Å²) < 4.78 is 0. The van der Waals surface area contributed by atoms with Crippen LogP contribution in [0.15, 0.2) is 24.3 Å². The summed E-state index contributed by atoms with van der Waals surface area (Å²) in [5.41, 5.74) is 2.67. The van der Waals surface area contributed by atoms with Crippen molar-refractivity contribution in [2.24, 2.45) is 0 Å². The van der Waals surface area contributed by atoms with Crippen LogP contribution in [0.2, 0.25) is 0 Å². The topological polar surface area (TPSA) is 44.4 Å². The molecule has 2 N–H and O–H groups in total. The quantitative estimate of drug-likeness (QED) is 0.901. The Kier molecular flexibility index (Phi) is 3.78. The van der Waals surface area contributed by atoms with Crippen LogP contribution in [0.1, 0.15) is 49.3 Å². The number of carbonyl (C=O) groups is 1. The molecule has 4 rings (SSSR count). The summed E-state index contributed by atoms with van der Waals surface area (Å²) in [7, 11) is 0. The van der Waals surface area contributed by atoms with E-state index in [1.54, 1.807) is 0 Å². The third kappa shape index (κ3) is 2.98. The van der Waals surface area contributed by atoms with Gasteiger partial charge in [-0.3, -0.25) is 0 Å². The van der Waals surface area contributed by atoms with E-state index in [9.17, 15) is 4.79 Å². The molecule has 1 saturated heterocycles. The Bertz CT molecular complexity index is 547. The molecule has 1 heterocycles. The van der Waals surface area contributed by atoms with Gasteiger partial charge in [-0.2, -0.15) is 0 Å². The Balaban J connectivity index is 1.27. The summed E-state index contributed by atoms with van der Waals surface area (Å²) in [5, 5.41) is 6.34. The third-order valence-electron chi connectivity index (χ3n) is 5.37. The van der Waals surface area contributed by atoms with Crippen LogP contribution in [0.25, 0.3) is 0 Å². The van der Waals surface area contributed by atoms with Crippen LogP contribution in [-0.4, -0.2) is 36.1 Å². The van der Waals surface area contributed by atoms with Crippen LogP contribution >= 0.6 is 0 Å². The first kappa shape index (κ1) is 14.1. The maximum atomic E-state index is 12.3. The van der Waals surface area contributed by atoms with E-state index in [-0.39, 0.29) is 12.1 Å². The zero-order valence-electron chi connectivity index (χ0n) is 13.1. The minimum Gasteiger partial charge on any atom is -0.335 e. The number of rotatable bonds is 3. The molecule has 4 nitrogen and oxygen atoms in total. The van der Waals surface area contributed by atoms with Gasteiger partial charge in [-0.05, 0) is 49.7 Å². The monoisotopic (exact) mass is 299 g/mol. The maximum absolute atomic E-state index is 12.3. The van der Waals surface area contributed by atoms with E-state index in [4.69, 9.17) is 0 Å². The number of urea groups is 1. The molecule has 2 fully saturated rings. The molecular weight excluding hydrogens is 274 g/mol. The van der Waals surface area contributed by atoms with Crippen LogP contribution in [-0.2, 0) is 6.42 Å². The van der Waals surface area contributed by atoms with Crippen molar-refractivity contribution in [2.45, 2.75) is 56.7 Å². The Morgan fingerprint density at radius 2 is 1.77 bits per heavy atom. The zero-order chi connectivity index (χ0) is 14.9. The number of benzene rings is 1. The number of piperidine rings is 1. The molecule has 118 valence electrons. The predicted octanol–water partition coefficient (Wildman–Crippen LogP) is 2.60. The molecule has 0 aromatic heterocycles. The summed E-state index contributed by atoms with van der Waals surface area (Å²) in [5.74, 6) is 0. The lowest BCUT2D eigenvalue weighted by atomic mass is 10.1. The van der Waals surface area contributed by atoms with Gasteiger partial charge in [0.05, 0.1) is 6.04 Å². The van der Waals surface area contributed by atoms with Gasteiger partial charge >= 0.3 is 6.03 Å². The predicted molar refractivity (Wildman–Crippen MR) is 86.8 cm³/mol. The van der Waals surface area contributed by atoms with Crippen LogP contribution in [0.5, 0.6) is 0 Å². The van der Waals surface area contributed by atoms with E-state index in [1.165, 1.54) is 24.0 Å². The van der Waals surface area contributed by atoms with Crippen LogP contribution in [0.3, 0.4) is 0 Å². The molecule has 3 aliphatic rings. The maximum Gasteiger partial charge on any atom is 0.315 e. The van der Waals surface area contributed by atoms with E-state index in [1.807, 2.05) is 0 Å². The van der Waals surface area contributed by atoms with Crippen molar-refractivity contribution in [1.82, 2.24) is 15.5 Å². The molecule has 1 aromatic rings. The fourth-order valence-electron chi connectivity index (χ4n) is 3.94. The second-order valence-corrected chi connectivity index (χ2v) is 6.95. The summed E-state index contributed by atoms with van der Waals surface area (Å²) in [6.07, 6.45) is 7.02. The lowest BCUT2D eigenvalue weighted by Gasteiger charge is -2.32. The fraction of sp³-hybridized carbons (Fsp3) is 0.611. The van der Waals surface area contributed by atoms with Gasteiger partial charge in [0, 0.05) is 25.2 Å². The number of likely N-dealkylation sites (tertiary alicyclic amines) is 1.